The van der Waals surface area contributed by atoms with Gasteiger partial charge in [0.1, 0.15) is 0 Å². The van der Waals surface area contributed by atoms with Gasteiger partial charge in [0.25, 0.3) is 0 Å². The lowest BCUT2D eigenvalue weighted by atomic mass is 10.1. The molecule has 1 aromatic rings. The Bertz CT molecular complexity index is 467. The summed E-state index contributed by atoms with van der Waals surface area (Å²) < 4.78 is 0.225. The van der Waals surface area contributed by atoms with Gasteiger partial charge in [-0.1, -0.05) is 0 Å². The molecule has 0 aliphatic carbocycles. The minimum atomic E-state index is -0.0578. The largest absolute Gasteiger partial charge is 0.338 e. The Morgan fingerprint density at radius 3 is 2.80 bits per heavy atom. The van der Waals surface area contributed by atoms with Crippen LogP contribution in [0.4, 0.5) is 4.79 Å². The van der Waals surface area contributed by atoms with E-state index >= 15 is 0 Å². The molecule has 1 saturated heterocycles. The smallest absolute Gasteiger partial charge is 0.314 e. The monoisotopic (exact) mass is 313 g/mol. The van der Waals surface area contributed by atoms with Crippen molar-refractivity contribution in [1.29, 1.82) is 0 Å². The number of thiazole rings is 1. The van der Waals surface area contributed by atoms with Gasteiger partial charge in [-0.05, 0) is 39.4 Å². The number of aryl methyl sites for hydroxylation is 2. The second-order valence-electron chi connectivity index (χ2n) is 5.50. The highest BCUT2D eigenvalue weighted by atomic mass is 32.2. The summed E-state index contributed by atoms with van der Waals surface area (Å²) in [6.45, 7) is 7.69. The number of urea groups is 1. The molecule has 0 radical (unpaired) electrons. The number of nitrogens with zero attached hydrogens (tertiary/aromatic N) is 1. The van der Waals surface area contributed by atoms with E-state index < -0.39 is 0 Å². The van der Waals surface area contributed by atoms with Crippen molar-refractivity contribution in [1.82, 2.24) is 15.6 Å². The van der Waals surface area contributed by atoms with Gasteiger partial charge in [0, 0.05) is 29.1 Å². The highest BCUT2D eigenvalue weighted by Crippen LogP contribution is 2.36. The number of thioether (sulfide) groups is 1. The molecule has 1 fully saturated rings. The summed E-state index contributed by atoms with van der Waals surface area (Å²) >= 11 is 3.68. The van der Waals surface area contributed by atoms with Crippen LogP contribution in [0.15, 0.2) is 0 Å². The first-order chi connectivity index (χ1) is 9.48. The van der Waals surface area contributed by atoms with E-state index in [9.17, 15) is 4.79 Å². The number of carbonyl (C=O) groups is 1. The summed E-state index contributed by atoms with van der Waals surface area (Å²) in [6, 6.07) is -0.0578. The average Bonchev–Trinajstić information content (AvgIpc) is 2.95. The minimum absolute atomic E-state index is 0.0578. The molecule has 1 unspecified atom stereocenters. The topological polar surface area (TPSA) is 54.0 Å². The minimum Gasteiger partial charge on any atom is -0.338 e. The van der Waals surface area contributed by atoms with E-state index in [0.717, 1.165) is 23.7 Å². The Morgan fingerprint density at radius 1 is 1.40 bits per heavy atom. The summed E-state index contributed by atoms with van der Waals surface area (Å²) in [4.78, 5) is 17.4. The fourth-order valence-corrected chi connectivity index (χ4v) is 4.58. The number of carbonyl (C=O) groups excluding carboxylic acids is 1. The zero-order valence-corrected chi connectivity index (χ0v) is 14.0. The van der Waals surface area contributed by atoms with Crippen molar-refractivity contribution in [2.24, 2.45) is 0 Å². The van der Waals surface area contributed by atoms with Crippen molar-refractivity contribution in [3.8, 4) is 0 Å². The van der Waals surface area contributed by atoms with Crippen LogP contribution in [-0.4, -0.2) is 34.6 Å². The third-order valence-corrected chi connectivity index (χ3v) is 6.23. The second kappa shape index (κ2) is 6.80. The van der Waals surface area contributed by atoms with Crippen molar-refractivity contribution < 1.29 is 4.79 Å². The highest BCUT2D eigenvalue weighted by molar-refractivity contribution is 8.00. The fraction of sp³-hybridized carbons (Fsp3) is 0.714. The summed E-state index contributed by atoms with van der Waals surface area (Å²) in [5.74, 6) is 1.21. The van der Waals surface area contributed by atoms with Gasteiger partial charge >= 0.3 is 6.03 Å². The highest BCUT2D eigenvalue weighted by Gasteiger charge is 2.29. The molecule has 0 spiro atoms. The first kappa shape index (κ1) is 15.6. The lowest BCUT2D eigenvalue weighted by Crippen LogP contribution is -2.43. The van der Waals surface area contributed by atoms with Crippen LogP contribution in [0.2, 0.25) is 0 Å². The SMILES string of the molecule is Cc1nc(C)c(CCNC(=O)NCC2(C)CCCS2)s1. The van der Waals surface area contributed by atoms with Crippen molar-refractivity contribution in [3.05, 3.63) is 15.6 Å². The van der Waals surface area contributed by atoms with E-state index in [1.807, 2.05) is 25.6 Å². The van der Waals surface area contributed by atoms with Crippen molar-refractivity contribution in [2.75, 3.05) is 18.8 Å². The summed E-state index contributed by atoms with van der Waals surface area (Å²) in [7, 11) is 0. The van der Waals surface area contributed by atoms with E-state index in [-0.39, 0.29) is 10.8 Å². The number of aromatic nitrogens is 1. The normalized spacial score (nSPS) is 21.9. The summed E-state index contributed by atoms with van der Waals surface area (Å²) in [5, 5.41) is 7.01. The maximum Gasteiger partial charge on any atom is 0.314 e. The zero-order valence-electron chi connectivity index (χ0n) is 12.4. The lowest BCUT2D eigenvalue weighted by Gasteiger charge is -2.22. The van der Waals surface area contributed by atoms with Gasteiger partial charge in [-0.15, -0.1) is 11.3 Å². The standard InChI is InChI=1S/C14H23N3OS2/c1-10-12(20-11(2)17-10)5-7-15-13(18)16-9-14(3)6-4-8-19-14/h4-9H2,1-3H3,(H2,15,16,18). The van der Waals surface area contributed by atoms with Crippen LogP contribution in [0.1, 0.15) is 35.3 Å². The molecule has 0 aromatic carbocycles. The van der Waals surface area contributed by atoms with Gasteiger partial charge in [0.2, 0.25) is 0 Å². The quantitative estimate of drug-likeness (QED) is 0.879. The van der Waals surface area contributed by atoms with E-state index in [1.54, 1.807) is 11.3 Å². The predicted octanol–water partition coefficient (Wildman–Crippen LogP) is 2.89. The predicted molar refractivity (Wildman–Crippen MR) is 86.8 cm³/mol. The number of hydrogen-bond donors (Lipinski definition) is 2. The van der Waals surface area contributed by atoms with Gasteiger partial charge in [-0.2, -0.15) is 11.8 Å². The van der Waals surface area contributed by atoms with Gasteiger partial charge in [0.15, 0.2) is 0 Å². The Balaban J connectivity index is 1.66. The molecule has 1 aliphatic rings. The van der Waals surface area contributed by atoms with Crippen molar-refractivity contribution in [3.63, 3.8) is 0 Å². The van der Waals surface area contributed by atoms with E-state index in [4.69, 9.17) is 0 Å². The van der Waals surface area contributed by atoms with Gasteiger partial charge in [-0.25, -0.2) is 9.78 Å². The number of amides is 2. The van der Waals surface area contributed by atoms with Crippen molar-refractivity contribution >= 4 is 29.1 Å². The average molecular weight is 313 g/mol. The van der Waals surface area contributed by atoms with E-state index in [1.165, 1.54) is 23.5 Å². The van der Waals surface area contributed by atoms with Crippen LogP contribution in [0, 0.1) is 13.8 Å². The molecule has 20 heavy (non-hydrogen) atoms. The van der Waals surface area contributed by atoms with Gasteiger partial charge in [0.05, 0.1) is 10.7 Å². The Labute approximate surface area is 129 Å². The van der Waals surface area contributed by atoms with Crippen molar-refractivity contribution in [2.45, 2.75) is 44.8 Å². The molecular weight excluding hydrogens is 290 g/mol. The molecule has 112 valence electrons. The molecule has 1 aliphatic heterocycles. The lowest BCUT2D eigenvalue weighted by molar-refractivity contribution is 0.240. The molecule has 2 N–H and O–H groups in total. The number of hydrogen-bond acceptors (Lipinski definition) is 4. The molecule has 2 heterocycles. The maximum atomic E-state index is 11.8. The van der Waals surface area contributed by atoms with Crippen LogP contribution in [-0.2, 0) is 6.42 Å². The Morgan fingerprint density at radius 2 is 2.20 bits per heavy atom. The number of nitrogens with one attached hydrogen (secondary N) is 2. The zero-order chi connectivity index (χ0) is 14.6. The van der Waals surface area contributed by atoms with Crippen LogP contribution in [0.5, 0.6) is 0 Å². The Kier molecular flexibility index (Phi) is 5.32. The molecule has 1 aromatic heterocycles. The second-order valence-corrected chi connectivity index (χ2v) is 8.47. The first-order valence-electron chi connectivity index (χ1n) is 7.07. The van der Waals surface area contributed by atoms with E-state index in [2.05, 4.69) is 22.5 Å². The third kappa shape index (κ3) is 4.38. The summed E-state index contributed by atoms with van der Waals surface area (Å²) in [5.41, 5.74) is 1.09. The summed E-state index contributed by atoms with van der Waals surface area (Å²) in [6.07, 6.45) is 3.31. The molecule has 0 saturated carbocycles. The van der Waals surface area contributed by atoms with Crippen LogP contribution in [0.25, 0.3) is 0 Å². The van der Waals surface area contributed by atoms with Crippen LogP contribution >= 0.6 is 23.1 Å². The number of rotatable bonds is 5. The Hall–Kier alpha value is -0.750. The fourth-order valence-electron chi connectivity index (χ4n) is 2.40. The first-order valence-corrected chi connectivity index (χ1v) is 8.87. The molecule has 1 atom stereocenters. The van der Waals surface area contributed by atoms with Crippen LogP contribution < -0.4 is 10.6 Å². The van der Waals surface area contributed by atoms with Gasteiger partial charge in [-0.3, -0.25) is 0 Å². The molecular formula is C14H23N3OS2. The van der Waals surface area contributed by atoms with Gasteiger partial charge < -0.3 is 10.6 Å². The van der Waals surface area contributed by atoms with E-state index in [0.29, 0.717) is 6.54 Å². The molecule has 6 heteroatoms. The van der Waals surface area contributed by atoms with Crippen LogP contribution in [0.3, 0.4) is 0 Å². The molecule has 2 amide bonds. The molecule has 2 rings (SSSR count). The maximum absolute atomic E-state index is 11.8. The molecule has 0 bridgehead atoms. The third-order valence-electron chi connectivity index (χ3n) is 3.56. The molecule has 4 nitrogen and oxygen atoms in total.